The fourth-order valence-corrected chi connectivity index (χ4v) is 1.48. The van der Waals surface area contributed by atoms with E-state index >= 15 is 0 Å². The van der Waals surface area contributed by atoms with E-state index in [2.05, 4.69) is 4.98 Å². The molecule has 2 rings (SSSR count). The van der Waals surface area contributed by atoms with Crippen molar-refractivity contribution >= 4 is 0 Å². The number of pyridine rings is 1. The van der Waals surface area contributed by atoms with Crippen molar-refractivity contribution in [2.24, 2.45) is 5.73 Å². The average molecular weight is 250 g/mol. The van der Waals surface area contributed by atoms with Gasteiger partial charge in [0.1, 0.15) is 11.6 Å². The van der Waals surface area contributed by atoms with E-state index in [1.807, 2.05) is 0 Å². The third-order valence-electron chi connectivity index (χ3n) is 2.51. The van der Waals surface area contributed by atoms with Crippen LogP contribution in [0.5, 0.6) is 11.6 Å². The lowest BCUT2D eigenvalue weighted by atomic mass is 10.2. The minimum absolute atomic E-state index is 0.0485. The Balaban J connectivity index is 2.37. The van der Waals surface area contributed by atoms with Crippen molar-refractivity contribution < 1.29 is 13.5 Å². The van der Waals surface area contributed by atoms with Crippen LogP contribution in [0.4, 0.5) is 8.78 Å². The number of halogens is 2. The van der Waals surface area contributed by atoms with Gasteiger partial charge in [-0.2, -0.15) is 0 Å². The van der Waals surface area contributed by atoms with E-state index in [4.69, 9.17) is 10.5 Å². The lowest BCUT2D eigenvalue weighted by Crippen LogP contribution is -2.03. The first-order valence-electron chi connectivity index (χ1n) is 5.39. The van der Waals surface area contributed by atoms with Gasteiger partial charge in [0.15, 0.2) is 5.82 Å². The summed E-state index contributed by atoms with van der Waals surface area (Å²) in [4.78, 5) is 3.78. The van der Waals surface area contributed by atoms with Gasteiger partial charge in [-0.3, -0.25) is 0 Å². The van der Waals surface area contributed by atoms with Crippen molar-refractivity contribution in [2.45, 2.75) is 13.5 Å². The quantitative estimate of drug-likeness (QED) is 0.911. The molecule has 1 heterocycles. The van der Waals surface area contributed by atoms with Gasteiger partial charge in [0.25, 0.3) is 5.88 Å². The van der Waals surface area contributed by atoms with Crippen LogP contribution < -0.4 is 10.5 Å². The summed E-state index contributed by atoms with van der Waals surface area (Å²) in [5, 5.41) is 0. The molecule has 0 aliphatic rings. The molecule has 1 aromatic heterocycles. The predicted molar refractivity (Wildman–Crippen MR) is 63.3 cm³/mol. The number of ether oxygens (including phenoxy) is 1. The van der Waals surface area contributed by atoms with E-state index in [0.29, 0.717) is 11.1 Å². The highest BCUT2D eigenvalue weighted by atomic mass is 19.1. The highest BCUT2D eigenvalue weighted by molar-refractivity contribution is 5.36. The Morgan fingerprint density at radius 3 is 2.78 bits per heavy atom. The van der Waals surface area contributed by atoms with Crippen molar-refractivity contribution in [3.05, 3.63) is 53.2 Å². The molecule has 3 nitrogen and oxygen atoms in total. The van der Waals surface area contributed by atoms with Gasteiger partial charge in [0, 0.05) is 24.4 Å². The molecule has 0 saturated carbocycles. The number of benzene rings is 1. The third kappa shape index (κ3) is 2.46. The molecule has 0 bridgehead atoms. The van der Waals surface area contributed by atoms with E-state index < -0.39 is 11.6 Å². The number of hydrogen-bond donors (Lipinski definition) is 1. The zero-order valence-corrected chi connectivity index (χ0v) is 9.78. The van der Waals surface area contributed by atoms with Gasteiger partial charge >= 0.3 is 0 Å². The van der Waals surface area contributed by atoms with Gasteiger partial charge in [0.05, 0.1) is 0 Å². The molecule has 0 saturated heterocycles. The maximum absolute atomic E-state index is 13.8. The summed E-state index contributed by atoms with van der Waals surface area (Å²) in [6.45, 7) is 1.78. The van der Waals surface area contributed by atoms with Crippen molar-refractivity contribution in [1.82, 2.24) is 4.98 Å². The monoisotopic (exact) mass is 250 g/mol. The molecule has 0 amide bonds. The molecule has 94 valence electrons. The number of rotatable bonds is 3. The molecule has 0 atom stereocenters. The number of nitrogens with zero attached hydrogens (tertiary/aromatic N) is 1. The fourth-order valence-electron chi connectivity index (χ4n) is 1.48. The normalized spacial score (nSPS) is 10.4. The van der Waals surface area contributed by atoms with E-state index in [-0.39, 0.29) is 18.2 Å². The highest BCUT2D eigenvalue weighted by Gasteiger charge is 2.12. The molecule has 1 aromatic carbocycles. The molecule has 0 radical (unpaired) electrons. The molecule has 2 aromatic rings. The second-order valence-electron chi connectivity index (χ2n) is 3.81. The lowest BCUT2D eigenvalue weighted by Gasteiger charge is -2.09. The zero-order valence-electron chi connectivity index (χ0n) is 9.78. The van der Waals surface area contributed by atoms with Crippen molar-refractivity contribution in [2.75, 3.05) is 0 Å². The second kappa shape index (κ2) is 5.10. The first-order chi connectivity index (χ1) is 8.61. The zero-order chi connectivity index (χ0) is 13.1. The average Bonchev–Trinajstić information content (AvgIpc) is 2.36. The first kappa shape index (κ1) is 12.4. The molecule has 18 heavy (non-hydrogen) atoms. The van der Waals surface area contributed by atoms with E-state index in [0.717, 1.165) is 0 Å². The molecule has 2 N–H and O–H groups in total. The summed E-state index contributed by atoms with van der Waals surface area (Å²) in [6.07, 6.45) is 1.40. The molecule has 0 aliphatic heterocycles. The van der Waals surface area contributed by atoms with Crippen molar-refractivity contribution in [3.8, 4) is 11.6 Å². The smallest absolute Gasteiger partial charge is 0.256 e. The molecule has 0 spiro atoms. The largest absolute Gasteiger partial charge is 0.436 e. The Morgan fingerprint density at radius 1 is 1.28 bits per heavy atom. The van der Waals surface area contributed by atoms with Gasteiger partial charge in [-0.25, -0.2) is 13.8 Å². The molecular formula is C13H12F2N2O. The van der Waals surface area contributed by atoms with Gasteiger partial charge in [-0.05, 0) is 24.6 Å². The Kier molecular flexibility index (Phi) is 3.53. The maximum atomic E-state index is 13.8. The molecular weight excluding hydrogens is 238 g/mol. The Morgan fingerprint density at radius 2 is 2.06 bits per heavy atom. The topological polar surface area (TPSA) is 48.1 Å². The van der Waals surface area contributed by atoms with Gasteiger partial charge < -0.3 is 10.5 Å². The Bertz CT molecular complexity index is 573. The van der Waals surface area contributed by atoms with Gasteiger partial charge in [0.2, 0.25) is 0 Å². The van der Waals surface area contributed by atoms with Crippen LogP contribution in [0.1, 0.15) is 11.1 Å². The van der Waals surface area contributed by atoms with Crippen LogP contribution >= 0.6 is 0 Å². The highest BCUT2D eigenvalue weighted by Crippen LogP contribution is 2.27. The minimum Gasteiger partial charge on any atom is -0.436 e. The lowest BCUT2D eigenvalue weighted by molar-refractivity contribution is 0.414. The fraction of sp³-hybridized carbons (Fsp3) is 0.154. The van der Waals surface area contributed by atoms with Crippen LogP contribution in [0.3, 0.4) is 0 Å². The maximum Gasteiger partial charge on any atom is 0.256 e. The summed E-state index contributed by atoms with van der Waals surface area (Å²) in [5.74, 6) is -1.04. The Labute approximate surface area is 103 Å². The first-order valence-corrected chi connectivity index (χ1v) is 5.39. The minimum atomic E-state index is -0.622. The number of aryl methyl sites for hydroxylation is 1. The van der Waals surface area contributed by atoms with Crippen LogP contribution in [0, 0.1) is 18.6 Å². The summed E-state index contributed by atoms with van der Waals surface area (Å²) < 4.78 is 32.2. The van der Waals surface area contributed by atoms with Gasteiger partial charge in [-0.15, -0.1) is 0 Å². The van der Waals surface area contributed by atoms with Crippen LogP contribution in [-0.2, 0) is 6.54 Å². The molecule has 0 fully saturated rings. The number of hydrogen-bond acceptors (Lipinski definition) is 3. The third-order valence-corrected chi connectivity index (χ3v) is 2.51. The number of nitrogens with two attached hydrogens (primary N) is 1. The molecule has 5 heteroatoms. The van der Waals surface area contributed by atoms with E-state index in [9.17, 15) is 8.78 Å². The predicted octanol–water partition coefficient (Wildman–Crippen LogP) is 2.92. The second-order valence-corrected chi connectivity index (χ2v) is 3.81. The summed E-state index contributed by atoms with van der Waals surface area (Å²) in [6, 6.07) is 5.52. The van der Waals surface area contributed by atoms with Crippen molar-refractivity contribution in [3.63, 3.8) is 0 Å². The standard InChI is InChI=1S/C13H12F2N2O/c1-8-2-3-10(14)6-11(8)18-13-12(15)9(7-16)4-5-17-13/h2-6H,7,16H2,1H3. The van der Waals surface area contributed by atoms with Crippen LogP contribution in [0.15, 0.2) is 30.5 Å². The summed E-state index contributed by atoms with van der Waals surface area (Å²) >= 11 is 0. The van der Waals surface area contributed by atoms with Crippen LogP contribution in [-0.4, -0.2) is 4.98 Å². The summed E-state index contributed by atoms with van der Waals surface area (Å²) in [7, 11) is 0. The van der Waals surface area contributed by atoms with E-state index in [1.54, 1.807) is 13.0 Å². The van der Waals surface area contributed by atoms with Crippen molar-refractivity contribution in [1.29, 1.82) is 0 Å². The SMILES string of the molecule is Cc1ccc(F)cc1Oc1nccc(CN)c1F. The Hall–Kier alpha value is -2.01. The van der Waals surface area contributed by atoms with Crippen LogP contribution in [0.25, 0.3) is 0 Å². The number of aromatic nitrogens is 1. The van der Waals surface area contributed by atoms with E-state index in [1.165, 1.54) is 24.4 Å². The molecule has 0 unspecified atom stereocenters. The van der Waals surface area contributed by atoms with Crippen LogP contribution in [0.2, 0.25) is 0 Å². The van der Waals surface area contributed by atoms with Gasteiger partial charge in [-0.1, -0.05) is 6.07 Å². The summed E-state index contributed by atoms with van der Waals surface area (Å²) in [5.41, 5.74) is 6.37. The molecule has 0 aliphatic carbocycles.